The van der Waals surface area contributed by atoms with Crippen molar-refractivity contribution in [1.82, 2.24) is 5.32 Å². The third-order valence-electron chi connectivity index (χ3n) is 3.43. The Hall–Kier alpha value is -0.770. The van der Waals surface area contributed by atoms with Crippen LogP contribution in [0.1, 0.15) is 32.1 Å². The Kier molecular flexibility index (Phi) is 2.91. The van der Waals surface area contributed by atoms with Crippen molar-refractivity contribution in [3.63, 3.8) is 0 Å². The molecule has 14 heavy (non-hydrogen) atoms. The lowest BCUT2D eigenvalue weighted by molar-refractivity contribution is -0.00774. The molecule has 2 aliphatic rings. The molecule has 1 saturated carbocycles. The van der Waals surface area contributed by atoms with E-state index in [-0.39, 0.29) is 6.23 Å². The van der Waals surface area contributed by atoms with E-state index in [1.54, 1.807) is 0 Å². The molecular weight excluding hydrogens is 182 g/mol. The highest BCUT2D eigenvalue weighted by Gasteiger charge is 2.33. The van der Waals surface area contributed by atoms with Crippen LogP contribution < -0.4 is 5.32 Å². The van der Waals surface area contributed by atoms with Crippen LogP contribution in [-0.2, 0) is 4.74 Å². The molecule has 0 aromatic carbocycles. The molecule has 1 aliphatic heterocycles. The van der Waals surface area contributed by atoms with Gasteiger partial charge in [-0.1, -0.05) is 12.8 Å². The van der Waals surface area contributed by atoms with E-state index in [4.69, 9.17) is 9.84 Å². The van der Waals surface area contributed by atoms with E-state index in [0.717, 1.165) is 18.9 Å². The maximum atomic E-state index is 10.4. The largest absolute Gasteiger partial charge is 0.507 e. The average Bonchev–Trinajstić information content (AvgIpc) is 2.17. The molecule has 0 radical (unpaired) electrons. The van der Waals surface area contributed by atoms with Crippen molar-refractivity contribution in [2.45, 2.75) is 38.3 Å². The van der Waals surface area contributed by atoms with Gasteiger partial charge >= 0.3 is 6.16 Å². The summed E-state index contributed by atoms with van der Waals surface area (Å²) in [6, 6.07) is 0. The van der Waals surface area contributed by atoms with Crippen molar-refractivity contribution in [2.75, 3.05) is 6.54 Å². The Morgan fingerprint density at radius 2 is 2.00 bits per heavy atom. The Labute approximate surface area is 83.6 Å². The van der Waals surface area contributed by atoms with Gasteiger partial charge < -0.3 is 9.84 Å². The van der Waals surface area contributed by atoms with Crippen molar-refractivity contribution in [3.05, 3.63) is 0 Å². The third-order valence-corrected chi connectivity index (χ3v) is 3.43. The number of rotatable bonds is 1. The Morgan fingerprint density at radius 3 is 2.71 bits per heavy atom. The van der Waals surface area contributed by atoms with Gasteiger partial charge in [0, 0.05) is 13.0 Å². The molecule has 2 rings (SSSR count). The van der Waals surface area contributed by atoms with Gasteiger partial charge in [0.15, 0.2) is 6.23 Å². The minimum atomic E-state index is -1.17. The molecule has 0 spiro atoms. The predicted octanol–water partition coefficient (Wildman–Crippen LogP) is 1.81. The van der Waals surface area contributed by atoms with E-state index in [1.165, 1.54) is 25.7 Å². The molecule has 0 bridgehead atoms. The lowest BCUT2D eigenvalue weighted by atomic mass is 9.75. The summed E-state index contributed by atoms with van der Waals surface area (Å²) in [5.41, 5.74) is 0. The van der Waals surface area contributed by atoms with Crippen LogP contribution in [0.25, 0.3) is 0 Å². The normalized spacial score (nSPS) is 37.3. The average molecular weight is 199 g/mol. The lowest BCUT2D eigenvalue weighted by Crippen LogP contribution is -2.46. The number of hydrogen-bond donors (Lipinski definition) is 2. The van der Waals surface area contributed by atoms with Crippen molar-refractivity contribution in [3.8, 4) is 0 Å². The van der Waals surface area contributed by atoms with Crippen molar-refractivity contribution < 1.29 is 14.6 Å². The quantitative estimate of drug-likeness (QED) is 0.632. The summed E-state index contributed by atoms with van der Waals surface area (Å²) in [6.45, 7) is 0.919. The van der Waals surface area contributed by atoms with Crippen molar-refractivity contribution in [1.29, 1.82) is 0 Å². The maximum absolute atomic E-state index is 10.4. The van der Waals surface area contributed by atoms with Crippen LogP contribution in [0.4, 0.5) is 4.79 Å². The van der Waals surface area contributed by atoms with Gasteiger partial charge in [-0.05, 0) is 24.7 Å². The molecule has 0 aromatic rings. The van der Waals surface area contributed by atoms with Gasteiger partial charge in [0.05, 0.1) is 0 Å². The first kappa shape index (κ1) is 9.77. The molecule has 1 aliphatic carbocycles. The van der Waals surface area contributed by atoms with E-state index in [9.17, 15) is 4.79 Å². The first-order valence-corrected chi connectivity index (χ1v) is 5.38. The maximum Gasteiger partial charge on any atom is 0.507 e. The molecule has 3 unspecified atom stereocenters. The summed E-state index contributed by atoms with van der Waals surface area (Å²) in [5, 5.41) is 11.6. The van der Waals surface area contributed by atoms with E-state index in [1.807, 2.05) is 0 Å². The highest BCUT2D eigenvalue weighted by molar-refractivity contribution is 5.57. The lowest BCUT2D eigenvalue weighted by Gasteiger charge is -2.39. The number of hydrogen-bond acceptors (Lipinski definition) is 3. The molecule has 4 nitrogen and oxygen atoms in total. The van der Waals surface area contributed by atoms with Crippen LogP contribution in [-0.4, -0.2) is 24.0 Å². The second kappa shape index (κ2) is 4.17. The molecule has 2 N–H and O–H groups in total. The summed E-state index contributed by atoms with van der Waals surface area (Å²) in [5.74, 6) is 1.42. The fraction of sp³-hybridized carbons (Fsp3) is 0.900. The Balaban J connectivity index is 1.86. The Morgan fingerprint density at radius 1 is 1.29 bits per heavy atom. The number of carbonyl (C=O) groups is 1. The van der Waals surface area contributed by atoms with E-state index >= 15 is 0 Å². The van der Waals surface area contributed by atoms with E-state index in [2.05, 4.69) is 5.32 Å². The van der Waals surface area contributed by atoms with Crippen molar-refractivity contribution in [2.24, 2.45) is 11.8 Å². The first-order chi connectivity index (χ1) is 6.75. The fourth-order valence-corrected chi connectivity index (χ4v) is 2.72. The van der Waals surface area contributed by atoms with Gasteiger partial charge in [-0.15, -0.1) is 0 Å². The van der Waals surface area contributed by atoms with E-state index < -0.39 is 6.16 Å². The highest BCUT2D eigenvalue weighted by atomic mass is 16.7. The molecule has 3 atom stereocenters. The van der Waals surface area contributed by atoms with Gasteiger partial charge in [-0.25, -0.2) is 4.79 Å². The zero-order chi connectivity index (χ0) is 9.97. The molecule has 4 heteroatoms. The van der Waals surface area contributed by atoms with Gasteiger partial charge in [-0.2, -0.15) is 0 Å². The van der Waals surface area contributed by atoms with Gasteiger partial charge in [0.1, 0.15) is 0 Å². The number of ether oxygens (including phenoxy) is 1. The summed E-state index contributed by atoms with van der Waals surface area (Å²) < 4.78 is 4.75. The molecule has 1 heterocycles. The van der Waals surface area contributed by atoms with Crippen LogP contribution in [0.2, 0.25) is 0 Å². The van der Waals surface area contributed by atoms with Crippen LogP contribution in [0.15, 0.2) is 0 Å². The molecule has 0 aromatic heterocycles. The van der Waals surface area contributed by atoms with Gasteiger partial charge in [-0.3, -0.25) is 5.32 Å². The van der Waals surface area contributed by atoms with Crippen LogP contribution in [0.3, 0.4) is 0 Å². The van der Waals surface area contributed by atoms with Crippen LogP contribution in [0, 0.1) is 11.8 Å². The monoisotopic (exact) mass is 199 g/mol. The van der Waals surface area contributed by atoms with Crippen LogP contribution in [0.5, 0.6) is 0 Å². The predicted molar refractivity (Wildman–Crippen MR) is 51.0 cm³/mol. The zero-order valence-electron chi connectivity index (χ0n) is 8.24. The molecule has 1 saturated heterocycles. The summed E-state index contributed by atoms with van der Waals surface area (Å²) in [6.07, 6.45) is 4.57. The number of nitrogens with one attached hydrogen (secondary N) is 1. The third kappa shape index (κ3) is 2.18. The summed E-state index contributed by atoms with van der Waals surface area (Å²) in [4.78, 5) is 10.4. The highest BCUT2D eigenvalue weighted by Crippen LogP contribution is 2.35. The molecule has 2 fully saturated rings. The second-order valence-electron chi connectivity index (χ2n) is 4.32. The smallest absolute Gasteiger partial charge is 0.450 e. The fourth-order valence-electron chi connectivity index (χ4n) is 2.72. The second-order valence-corrected chi connectivity index (χ2v) is 4.32. The van der Waals surface area contributed by atoms with Crippen LogP contribution >= 0.6 is 0 Å². The summed E-state index contributed by atoms with van der Waals surface area (Å²) >= 11 is 0. The minimum absolute atomic E-state index is 0.271. The van der Waals surface area contributed by atoms with Gasteiger partial charge in [0.2, 0.25) is 0 Å². The van der Waals surface area contributed by atoms with Gasteiger partial charge in [0.25, 0.3) is 0 Å². The standard InChI is InChI=1S/C10H17NO3/c12-10(13)14-9-5-7-3-1-2-4-8(7)6-11-9/h7-9,11H,1-6H2,(H,12,13). The number of fused-ring (bicyclic) bond motifs is 1. The zero-order valence-corrected chi connectivity index (χ0v) is 8.24. The topological polar surface area (TPSA) is 58.6 Å². The molecular formula is C10H17NO3. The molecule has 0 amide bonds. The first-order valence-electron chi connectivity index (χ1n) is 5.38. The SMILES string of the molecule is O=C(O)OC1CC2CCCCC2CN1. The summed E-state index contributed by atoms with van der Waals surface area (Å²) in [7, 11) is 0. The minimum Gasteiger partial charge on any atom is -0.450 e. The number of piperidine rings is 1. The van der Waals surface area contributed by atoms with Crippen molar-refractivity contribution >= 4 is 6.16 Å². The molecule has 80 valence electrons. The Bertz CT molecular complexity index is 219. The number of carboxylic acid groups (broad SMARTS) is 1. The van der Waals surface area contributed by atoms with E-state index in [0.29, 0.717) is 5.92 Å².